The summed E-state index contributed by atoms with van der Waals surface area (Å²) >= 11 is 5.89. The van der Waals surface area contributed by atoms with Crippen LogP contribution in [0.5, 0.6) is 0 Å². The van der Waals surface area contributed by atoms with Crippen molar-refractivity contribution in [2.24, 2.45) is 0 Å². The second-order valence-electron chi connectivity index (χ2n) is 3.17. The Bertz CT molecular complexity index is 352. The van der Waals surface area contributed by atoms with E-state index < -0.39 is 12.0 Å². The highest BCUT2D eigenvalue weighted by molar-refractivity contribution is 6.31. The van der Waals surface area contributed by atoms with Gasteiger partial charge in [-0.15, -0.1) is 0 Å². The van der Waals surface area contributed by atoms with Gasteiger partial charge >= 0.3 is 5.97 Å². The molecule has 2 N–H and O–H groups in total. The van der Waals surface area contributed by atoms with Crippen LogP contribution in [0.1, 0.15) is 12.5 Å². The summed E-state index contributed by atoms with van der Waals surface area (Å²) in [4.78, 5) is 10.6. The quantitative estimate of drug-likeness (QED) is 0.811. The number of anilines is 1. The van der Waals surface area contributed by atoms with Crippen LogP contribution < -0.4 is 5.32 Å². The Hall–Kier alpha value is -1.22. The highest BCUT2D eigenvalue weighted by Crippen LogP contribution is 2.20. The van der Waals surface area contributed by atoms with E-state index in [1.165, 1.54) is 0 Å². The van der Waals surface area contributed by atoms with E-state index in [4.69, 9.17) is 16.7 Å². The third kappa shape index (κ3) is 2.64. The summed E-state index contributed by atoms with van der Waals surface area (Å²) in [6.07, 6.45) is 0. The maximum atomic E-state index is 10.6. The first-order valence-electron chi connectivity index (χ1n) is 4.26. The molecule has 0 bridgehead atoms. The van der Waals surface area contributed by atoms with Gasteiger partial charge in [-0.3, -0.25) is 4.79 Å². The van der Waals surface area contributed by atoms with Gasteiger partial charge in [-0.1, -0.05) is 17.7 Å². The SMILES string of the molecule is Cc1ccc(NC(C)C(=O)O)cc1Cl. The minimum Gasteiger partial charge on any atom is -0.480 e. The molecule has 1 aromatic rings. The summed E-state index contributed by atoms with van der Waals surface area (Å²) in [5, 5.41) is 12.1. The zero-order valence-corrected chi connectivity index (χ0v) is 8.80. The smallest absolute Gasteiger partial charge is 0.325 e. The molecule has 1 rings (SSSR count). The van der Waals surface area contributed by atoms with Gasteiger partial charge in [0.1, 0.15) is 6.04 Å². The number of carboxylic acid groups (broad SMARTS) is 1. The lowest BCUT2D eigenvalue weighted by Crippen LogP contribution is -2.25. The van der Waals surface area contributed by atoms with Crippen molar-refractivity contribution in [2.45, 2.75) is 19.9 Å². The predicted molar refractivity (Wildman–Crippen MR) is 56.9 cm³/mol. The summed E-state index contributed by atoms with van der Waals surface area (Å²) in [7, 11) is 0. The number of nitrogens with one attached hydrogen (secondary N) is 1. The molecule has 3 nitrogen and oxygen atoms in total. The van der Waals surface area contributed by atoms with Gasteiger partial charge in [-0.2, -0.15) is 0 Å². The standard InChI is InChI=1S/C10H12ClNO2/c1-6-3-4-8(5-9(6)11)12-7(2)10(13)14/h3-5,7,12H,1-2H3,(H,13,14). The van der Waals surface area contributed by atoms with Gasteiger partial charge in [0.05, 0.1) is 0 Å². The zero-order valence-electron chi connectivity index (χ0n) is 8.04. The van der Waals surface area contributed by atoms with Crippen LogP contribution in [0.4, 0.5) is 5.69 Å². The van der Waals surface area contributed by atoms with Crippen LogP contribution in [-0.2, 0) is 4.79 Å². The molecule has 1 aromatic carbocycles. The molecule has 0 heterocycles. The van der Waals surface area contributed by atoms with Crippen molar-refractivity contribution in [1.29, 1.82) is 0 Å². The lowest BCUT2D eigenvalue weighted by atomic mass is 10.2. The van der Waals surface area contributed by atoms with Gasteiger partial charge in [0, 0.05) is 10.7 Å². The van der Waals surface area contributed by atoms with Crippen molar-refractivity contribution in [3.05, 3.63) is 28.8 Å². The summed E-state index contributed by atoms with van der Waals surface area (Å²) in [6, 6.07) is 4.75. The summed E-state index contributed by atoms with van der Waals surface area (Å²) in [5.74, 6) is -0.887. The molecule has 0 aliphatic carbocycles. The van der Waals surface area contributed by atoms with Crippen molar-refractivity contribution in [1.82, 2.24) is 0 Å². The Labute approximate surface area is 87.7 Å². The van der Waals surface area contributed by atoms with Crippen LogP contribution in [-0.4, -0.2) is 17.1 Å². The van der Waals surface area contributed by atoms with E-state index in [9.17, 15) is 4.79 Å². The molecule has 0 aromatic heterocycles. The molecule has 0 spiro atoms. The Kier molecular flexibility index (Phi) is 3.36. The Morgan fingerprint density at radius 3 is 2.71 bits per heavy atom. The molecule has 1 atom stereocenters. The van der Waals surface area contributed by atoms with Crippen LogP contribution in [0.15, 0.2) is 18.2 Å². The zero-order chi connectivity index (χ0) is 10.7. The average Bonchev–Trinajstić information content (AvgIpc) is 2.11. The van der Waals surface area contributed by atoms with Crippen LogP contribution in [0.3, 0.4) is 0 Å². The fraction of sp³-hybridized carbons (Fsp3) is 0.300. The molecular formula is C10H12ClNO2. The van der Waals surface area contributed by atoms with E-state index in [-0.39, 0.29) is 0 Å². The fourth-order valence-electron chi connectivity index (χ4n) is 0.994. The van der Waals surface area contributed by atoms with Crippen molar-refractivity contribution in [2.75, 3.05) is 5.32 Å². The summed E-state index contributed by atoms with van der Waals surface area (Å²) in [6.45, 7) is 3.48. The Morgan fingerprint density at radius 2 is 2.21 bits per heavy atom. The Balaban J connectivity index is 2.78. The number of rotatable bonds is 3. The van der Waals surface area contributed by atoms with Crippen LogP contribution in [0.2, 0.25) is 5.02 Å². The number of hydrogen-bond donors (Lipinski definition) is 2. The maximum absolute atomic E-state index is 10.6. The predicted octanol–water partition coefficient (Wildman–Crippen LogP) is 2.53. The first-order valence-corrected chi connectivity index (χ1v) is 4.64. The first-order chi connectivity index (χ1) is 6.50. The van der Waals surface area contributed by atoms with E-state index in [2.05, 4.69) is 5.32 Å². The minimum atomic E-state index is -0.887. The van der Waals surface area contributed by atoms with E-state index >= 15 is 0 Å². The van der Waals surface area contributed by atoms with Gasteiger partial charge < -0.3 is 10.4 Å². The molecule has 0 aliphatic heterocycles. The van der Waals surface area contributed by atoms with Crippen molar-refractivity contribution in [3.63, 3.8) is 0 Å². The normalized spacial score (nSPS) is 12.2. The highest BCUT2D eigenvalue weighted by atomic mass is 35.5. The number of aryl methyl sites for hydroxylation is 1. The lowest BCUT2D eigenvalue weighted by Gasteiger charge is -2.11. The summed E-state index contributed by atoms with van der Waals surface area (Å²) in [5.41, 5.74) is 1.69. The minimum absolute atomic E-state index is 0.617. The van der Waals surface area contributed by atoms with Gasteiger partial charge in [-0.05, 0) is 31.5 Å². The largest absolute Gasteiger partial charge is 0.480 e. The van der Waals surface area contributed by atoms with Crippen LogP contribution in [0, 0.1) is 6.92 Å². The molecule has 0 saturated heterocycles. The van der Waals surface area contributed by atoms with Gasteiger partial charge in [0.15, 0.2) is 0 Å². The Morgan fingerprint density at radius 1 is 1.57 bits per heavy atom. The van der Waals surface area contributed by atoms with Gasteiger partial charge in [0.2, 0.25) is 0 Å². The van der Waals surface area contributed by atoms with E-state index in [1.54, 1.807) is 19.1 Å². The molecule has 0 amide bonds. The molecule has 76 valence electrons. The lowest BCUT2D eigenvalue weighted by molar-refractivity contribution is -0.137. The second kappa shape index (κ2) is 4.33. The van der Waals surface area contributed by atoms with E-state index in [1.807, 2.05) is 13.0 Å². The van der Waals surface area contributed by atoms with Crippen LogP contribution >= 0.6 is 11.6 Å². The molecule has 0 saturated carbocycles. The third-order valence-electron chi connectivity index (χ3n) is 1.93. The fourth-order valence-corrected chi connectivity index (χ4v) is 1.17. The number of halogens is 1. The van der Waals surface area contributed by atoms with Gasteiger partial charge in [-0.25, -0.2) is 0 Å². The molecule has 4 heteroatoms. The van der Waals surface area contributed by atoms with Crippen molar-refractivity contribution >= 4 is 23.3 Å². The molecular weight excluding hydrogens is 202 g/mol. The van der Waals surface area contributed by atoms with E-state index in [0.717, 1.165) is 11.3 Å². The monoisotopic (exact) mass is 213 g/mol. The first kappa shape index (κ1) is 10.9. The highest BCUT2D eigenvalue weighted by Gasteiger charge is 2.10. The number of carboxylic acids is 1. The summed E-state index contributed by atoms with van der Waals surface area (Å²) < 4.78 is 0. The maximum Gasteiger partial charge on any atom is 0.325 e. The van der Waals surface area contributed by atoms with E-state index in [0.29, 0.717) is 5.02 Å². The number of benzene rings is 1. The second-order valence-corrected chi connectivity index (χ2v) is 3.58. The topological polar surface area (TPSA) is 49.3 Å². The van der Waals surface area contributed by atoms with Gasteiger partial charge in [0.25, 0.3) is 0 Å². The molecule has 1 unspecified atom stereocenters. The molecule has 0 aliphatic rings. The third-order valence-corrected chi connectivity index (χ3v) is 2.33. The molecule has 14 heavy (non-hydrogen) atoms. The number of aliphatic carboxylic acids is 1. The van der Waals surface area contributed by atoms with Crippen molar-refractivity contribution < 1.29 is 9.90 Å². The van der Waals surface area contributed by atoms with Crippen LogP contribution in [0.25, 0.3) is 0 Å². The number of hydrogen-bond acceptors (Lipinski definition) is 2. The molecule has 0 fully saturated rings. The van der Waals surface area contributed by atoms with Crippen molar-refractivity contribution in [3.8, 4) is 0 Å². The average molecular weight is 214 g/mol. The molecule has 0 radical (unpaired) electrons. The number of carbonyl (C=O) groups is 1.